The molecule has 0 atom stereocenters. The molecule has 0 aliphatic rings. The fourth-order valence-electron chi connectivity index (χ4n) is 1.68. The summed E-state index contributed by atoms with van der Waals surface area (Å²) < 4.78 is 5.23. The van der Waals surface area contributed by atoms with Gasteiger partial charge in [-0.1, -0.05) is 23.7 Å². The first-order valence-electron chi connectivity index (χ1n) is 6.64. The molecule has 0 aromatic heterocycles. The summed E-state index contributed by atoms with van der Waals surface area (Å²) in [5.74, 6) is -0.610. The Morgan fingerprint density at radius 1 is 1.38 bits per heavy atom. The molecule has 2 rings (SSSR count). The summed E-state index contributed by atoms with van der Waals surface area (Å²) in [6.07, 6.45) is 1.21. The van der Waals surface area contributed by atoms with E-state index in [0.29, 0.717) is 16.3 Å². The summed E-state index contributed by atoms with van der Waals surface area (Å²) in [6, 6.07) is 10.4. The van der Waals surface area contributed by atoms with E-state index in [1.165, 1.54) is 18.3 Å². The van der Waals surface area contributed by atoms with E-state index in [-0.39, 0.29) is 6.61 Å². The molecule has 0 spiro atoms. The number of nitrogens with one attached hydrogen (secondary N) is 1. The molecule has 2 aromatic carbocycles. The van der Waals surface area contributed by atoms with Crippen LogP contribution in [0.15, 0.2) is 47.6 Å². The van der Waals surface area contributed by atoms with Crippen molar-refractivity contribution in [2.75, 3.05) is 6.61 Å². The average Bonchev–Trinajstić information content (AvgIpc) is 2.55. The van der Waals surface area contributed by atoms with Gasteiger partial charge in [-0.15, -0.1) is 0 Å². The van der Waals surface area contributed by atoms with Crippen LogP contribution in [0.1, 0.15) is 5.56 Å². The number of aromatic hydroxyl groups is 1. The first-order valence-corrected chi connectivity index (χ1v) is 7.02. The molecule has 2 N–H and O–H groups in total. The molecule has 24 heavy (non-hydrogen) atoms. The lowest BCUT2D eigenvalue weighted by Crippen LogP contribution is -2.24. The number of nitrogens with zero attached hydrogens (tertiary/aromatic N) is 2. The van der Waals surface area contributed by atoms with Crippen LogP contribution < -0.4 is 10.2 Å². The number of amides is 1. The molecular formula is C15H12ClN3O5. The average molecular weight is 350 g/mol. The molecule has 0 unspecified atom stereocenters. The highest BCUT2D eigenvalue weighted by molar-refractivity contribution is 6.32. The van der Waals surface area contributed by atoms with Crippen LogP contribution in [0.25, 0.3) is 0 Å². The van der Waals surface area contributed by atoms with E-state index in [1.54, 1.807) is 24.3 Å². The molecule has 0 radical (unpaired) electrons. The molecule has 0 aliphatic heterocycles. The molecule has 9 heteroatoms. The van der Waals surface area contributed by atoms with Gasteiger partial charge in [-0.3, -0.25) is 14.9 Å². The van der Waals surface area contributed by atoms with Crippen LogP contribution in [0.3, 0.4) is 0 Å². The van der Waals surface area contributed by atoms with Crippen molar-refractivity contribution in [1.82, 2.24) is 5.43 Å². The third-order valence-electron chi connectivity index (χ3n) is 2.79. The van der Waals surface area contributed by atoms with Crippen LogP contribution in [0.5, 0.6) is 11.5 Å². The highest BCUT2D eigenvalue weighted by atomic mass is 35.5. The number of ether oxygens (including phenoxy) is 1. The van der Waals surface area contributed by atoms with Crippen molar-refractivity contribution in [2.24, 2.45) is 5.10 Å². The largest absolute Gasteiger partial charge is 0.502 e. The SMILES string of the molecule is O=C(COc1ccccc1Cl)N/N=C/c1ccc(O)c([N+](=O)[O-])c1. The lowest BCUT2D eigenvalue weighted by atomic mass is 10.2. The Bertz CT molecular complexity index is 794. The van der Waals surface area contributed by atoms with Crippen LogP contribution >= 0.6 is 11.6 Å². The van der Waals surface area contributed by atoms with Crippen molar-refractivity contribution in [2.45, 2.75) is 0 Å². The smallest absolute Gasteiger partial charge is 0.311 e. The van der Waals surface area contributed by atoms with Gasteiger partial charge in [-0.2, -0.15) is 5.10 Å². The highest BCUT2D eigenvalue weighted by Gasteiger charge is 2.12. The van der Waals surface area contributed by atoms with E-state index < -0.39 is 22.3 Å². The number of halogens is 1. The number of hydrogen-bond acceptors (Lipinski definition) is 6. The molecule has 2 aromatic rings. The molecule has 1 amide bonds. The molecule has 0 saturated heterocycles. The van der Waals surface area contributed by atoms with Gasteiger partial charge in [0, 0.05) is 11.6 Å². The minimum atomic E-state index is -0.720. The lowest BCUT2D eigenvalue weighted by Gasteiger charge is -2.06. The first kappa shape index (κ1) is 17.2. The predicted octanol–water partition coefficient (Wildman–Crippen LogP) is 2.48. The maximum atomic E-state index is 11.6. The van der Waals surface area contributed by atoms with Crippen LogP contribution in [0.4, 0.5) is 5.69 Å². The quantitative estimate of drug-likeness (QED) is 0.472. The number of phenols is 1. The Kier molecular flexibility index (Phi) is 5.69. The van der Waals surface area contributed by atoms with Crippen LogP contribution in [0, 0.1) is 10.1 Å². The number of rotatable bonds is 6. The van der Waals surface area contributed by atoms with Gasteiger partial charge in [0.15, 0.2) is 12.4 Å². The van der Waals surface area contributed by atoms with Crippen LogP contribution in [-0.2, 0) is 4.79 Å². The van der Waals surface area contributed by atoms with Gasteiger partial charge in [-0.25, -0.2) is 5.43 Å². The van der Waals surface area contributed by atoms with Crippen molar-refractivity contribution in [3.8, 4) is 11.5 Å². The molecular weight excluding hydrogens is 338 g/mol. The van der Waals surface area contributed by atoms with E-state index in [2.05, 4.69) is 10.5 Å². The van der Waals surface area contributed by atoms with Crippen molar-refractivity contribution in [1.29, 1.82) is 0 Å². The number of para-hydroxylation sites is 1. The van der Waals surface area contributed by atoms with Gasteiger partial charge in [0.1, 0.15) is 5.75 Å². The van der Waals surface area contributed by atoms with Crippen molar-refractivity contribution in [3.05, 3.63) is 63.2 Å². The van der Waals surface area contributed by atoms with Gasteiger partial charge >= 0.3 is 5.69 Å². The zero-order valence-electron chi connectivity index (χ0n) is 12.2. The maximum Gasteiger partial charge on any atom is 0.311 e. The Balaban J connectivity index is 1.90. The zero-order chi connectivity index (χ0) is 17.5. The minimum absolute atomic E-state index is 0.295. The van der Waals surface area contributed by atoms with Crippen LogP contribution in [-0.4, -0.2) is 28.8 Å². The number of nitro groups is 1. The second-order valence-corrected chi connectivity index (χ2v) is 4.92. The number of carbonyl (C=O) groups excluding carboxylic acids is 1. The summed E-state index contributed by atoms with van der Waals surface area (Å²) in [5, 5.41) is 24.1. The second kappa shape index (κ2) is 7.93. The topological polar surface area (TPSA) is 114 Å². The molecule has 0 saturated carbocycles. The number of hydrogen-bond donors (Lipinski definition) is 2. The normalized spacial score (nSPS) is 10.5. The third-order valence-corrected chi connectivity index (χ3v) is 3.11. The number of hydrazone groups is 1. The Morgan fingerprint density at radius 3 is 2.83 bits per heavy atom. The zero-order valence-corrected chi connectivity index (χ0v) is 12.9. The molecule has 0 fully saturated rings. The molecule has 0 heterocycles. The fraction of sp³-hybridized carbons (Fsp3) is 0.0667. The first-order chi connectivity index (χ1) is 11.5. The van der Waals surface area contributed by atoms with E-state index >= 15 is 0 Å². The van der Waals surface area contributed by atoms with Crippen molar-refractivity contribution in [3.63, 3.8) is 0 Å². The maximum absolute atomic E-state index is 11.6. The number of benzene rings is 2. The van der Waals surface area contributed by atoms with E-state index in [1.807, 2.05) is 0 Å². The Hall–Kier alpha value is -3.13. The number of carbonyl (C=O) groups is 1. The standard InChI is InChI=1S/C15H12ClN3O5/c16-11-3-1-2-4-14(11)24-9-15(21)18-17-8-10-5-6-13(20)12(7-10)19(22)23/h1-8,20H,9H2,(H,18,21)/b17-8+. The summed E-state index contributed by atoms with van der Waals surface area (Å²) in [4.78, 5) is 21.6. The third kappa shape index (κ3) is 4.68. The van der Waals surface area contributed by atoms with E-state index in [4.69, 9.17) is 16.3 Å². The second-order valence-electron chi connectivity index (χ2n) is 4.52. The van der Waals surface area contributed by atoms with Gasteiger partial charge in [-0.05, 0) is 24.3 Å². The number of nitro benzene ring substituents is 1. The summed E-state index contributed by atoms with van der Waals surface area (Å²) >= 11 is 5.88. The molecule has 8 nitrogen and oxygen atoms in total. The van der Waals surface area contributed by atoms with Gasteiger partial charge in [0.2, 0.25) is 0 Å². The highest BCUT2D eigenvalue weighted by Crippen LogP contribution is 2.25. The fourth-order valence-corrected chi connectivity index (χ4v) is 1.87. The van der Waals surface area contributed by atoms with Crippen molar-refractivity contribution >= 4 is 29.4 Å². The summed E-state index contributed by atoms with van der Waals surface area (Å²) in [6.45, 7) is -0.295. The number of phenolic OH excluding ortho intramolecular Hbond substituents is 1. The summed E-state index contributed by atoms with van der Waals surface area (Å²) in [7, 11) is 0. The van der Waals surface area contributed by atoms with E-state index in [9.17, 15) is 20.0 Å². The van der Waals surface area contributed by atoms with Crippen molar-refractivity contribution < 1.29 is 19.6 Å². The van der Waals surface area contributed by atoms with Gasteiger partial charge in [0.25, 0.3) is 5.91 Å². The predicted molar refractivity (Wildman–Crippen MR) is 87.4 cm³/mol. The van der Waals surface area contributed by atoms with Gasteiger partial charge in [0.05, 0.1) is 16.2 Å². The minimum Gasteiger partial charge on any atom is -0.502 e. The Morgan fingerprint density at radius 2 is 2.12 bits per heavy atom. The van der Waals surface area contributed by atoms with Crippen LogP contribution in [0.2, 0.25) is 5.02 Å². The molecule has 0 bridgehead atoms. The van der Waals surface area contributed by atoms with E-state index in [0.717, 1.165) is 6.07 Å². The summed E-state index contributed by atoms with van der Waals surface area (Å²) in [5.41, 5.74) is 2.10. The monoisotopic (exact) mass is 349 g/mol. The molecule has 0 aliphatic carbocycles. The Labute approximate surface area is 141 Å². The van der Waals surface area contributed by atoms with Gasteiger partial charge < -0.3 is 9.84 Å². The molecule has 124 valence electrons. The lowest BCUT2D eigenvalue weighted by molar-refractivity contribution is -0.385.